The average molecular weight is 295 g/mol. The minimum atomic E-state index is 0.705. The summed E-state index contributed by atoms with van der Waals surface area (Å²) in [5.74, 6) is 0. The van der Waals surface area contributed by atoms with Crippen LogP contribution in [0.2, 0.25) is 0 Å². The topological polar surface area (TPSA) is 9.23 Å². The Bertz CT molecular complexity index is 191. The van der Waals surface area contributed by atoms with E-state index in [0.29, 0.717) is 6.61 Å². The zero-order valence-corrected chi connectivity index (χ0v) is 12.3. The summed E-state index contributed by atoms with van der Waals surface area (Å²) in [4.78, 5) is 0. The molecule has 0 saturated carbocycles. The van der Waals surface area contributed by atoms with E-state index in [4.69, 9.17) is 4.74 Å². The van der Waals surface area contributed by atoms with Crippen LogP contribution in [0.15, 0.2) is 30.3 Å². The van der Waals surface area contributed by atoms with Crippen molar-refractivity contribution in [3.05, 3.63) is 42.8 Å². The second-order valence-electron chi connectivity index (χ2n) is 2.39. The molecule has 0 N–H and O–H groups in total. The van der Waals surface area contributed by atoms with E-state index in [1.54, 1.807) is 0 Å². The van der Waals surface area contributed by atoms with E-state index in [2.05, 4.69) is 32.7 Å². The summed E-state index contributed by atoms with van der Waals surface area (Å²) in [6.07, 6.45) is 0.840. The maximum absolute atomic E-state index is 5.31. The summed E-state index contributed by atoms with van der Waals surface area (Å²) in [6.45, 7) is 5.14. The van der Waals surface area contributed by atoms with Crippen molar-refractivity contribution in [2.75, 3.05) is 6.61 Å². The van der Waals surface area contributed by atoms with Crippen molar-refractivity contribution in [3.8, 4) is 0 Å². The molecule has 3 heteroatoms. The molecule has 1 rings (SSSR count). The fourth-order valence-corrected chi connectivity index (χ4v) is 0.866. The number of ether oxygens (including phenoxy) is 1. The van der Waals surface area contributed by atoms with Crippen molar-refractivity contribution >= 4 is 13.6 Å². The molecule has 0 aliphatic carbocycles. The Kier molecular flexibility index (Phi) is 10.6. The third-order valence-corrected chi connectivity index (χ3v) is 1.40. The van der Waals surface area contributed by atoms with Gasteiger partial charge in [-0.15, -0.1) is 0 Å². The predicted molar refractivity (Wildman–Crippen MR) is 55.0 cm³/mol. The van der Waals surface area contributed by atoms with Gasteiger partial charge < -0.3 is 11.7 Å². The van der Waals surface area contributed by atoms with Gasteiger partial charge in [0.15, 0.2) is 0 Å². The van der Waals surface area contributed by atoms with Gasteiger partial charge in [0.25, 0.3) is 0 Å². The van der Waals surface area contributed by atoms with Gasteiger partial charge in [0.2, 0.25) is 0 Å². The number of halogens is 1. The summed E-state index contributed by atoms with van der Waals surface area (Å²) in [5, 5.41) is 0. The van der Waals surface area contributed by atoms with Gasteiger partial charge in [0.1, 0.15) is 0 Å². The van der Waals surface area contributed by atoms with Gasteiger partial charge in [-0.3, -0.25) is 0 Å². The summed E-state index contributed by atoms with van der Waals surface area (Å²) in [5.41, 5.74) is 1.22. The van der Waals surface area contributed by atoms with Gasteiger partial charge in [-0.1, -0.05) is 30.3 Å². The van der Waals surface area contributed by atoms with Crippen LogP contribution in [0.3, 0.4) is 0 Å². The van der Waals surface area contributed by atoms with Gasteiger partial charge in [0, 0.05) is 6.61 Å². The first-order valence-corrected chi connectivity index (χ1v) is 11.1. The van der Waals surface area contributed by atoms with Gasteiger partial charge in [-0.2, -0.15) is 6.42 Å². The summed E-state index contributed by atoms with van der Waals surface area (Å²) in [6, 6.07) is 10.2. The molecule has 1 nitrogen and oxygen atoms in total. The fourth-order valence-electron chi connectivity index (χ4n) is 0.866. The van der Waals surface area contributed by atoms with Gasteiger partial charge in [-0.05, 0) is 5.56 Å². The van der Waals surface area contributed by atoms with Crippen molar-refractivity contribution in [3.63, 3.8) is 0 Å². The Morgan fingerprint density at radius 3 is 2.38 bits per heavy atom. The first-order chi connectivity index (χ1) is 6.43. The summed E-state index contributed by atoms with van der Waals surface area (Å²) >= 11 is 4.25. The second-order valence-corrected chi connectivity index (χ2v) is 2.39. The number of rotatable bonds is 4. The SMILES string of the molecule is [CH2-]CCOCc1ccccc1.[Zn+][Br]. The quantitative estimate of drug-likeness (QED) is 0.470. The van der Waals surface area contributed by atoms with Crippen molar-refractivity contribution in [2.45, 2.75) is 13.0 Å². The van der Waals surface area contributed by atoms with Crippen LogP contribution in [0.5, 0.6) is 0 Å². The fraction of sp³-hybridized carbons (Fsp3) is 0.300. The van der Waals surface area contributed by atoms with Gasteiger partial charge in [-0.25, -0.2) is 0 Å². The summed E-state index contributed by atoms with van der Waals surface area (Å²) in [7, 11) is 0. The van der Waals surface area contributed by atoms with E-state index < -0.39 is 0 Å². The summed E-state index contributed by atoms with van der Waals surface area (Å²) < 4.78 is 5.31. The predicted octanol–water partition coefficient (Wildman–Crippen LogP) is 3.27. The van der Waals surface area contributed by atoms with Crippen LogP contribution in [0.1, 0.15) is 12.0 Å². The van der Waals surface area contributed by atoms with E-state index in [1.807, 2.05) is 18.2 Å². The standard InChI is InChI=1S/C10H13O.BrH.Zn/c1-2-8-11-9-10-6-4-3-5-7-10;;/h3-7H,1-2,8-9H2;1H;/q-1;;+2/p-1. The van der Waals surface area contributed by atoms with E-state index >= 15 is 0 Å². The van der Waals surface area contributed by atoms with Crippen LogP contribution < -0.4 is 0 Å². The van der Waals surface area contributed by atoms with Crippen LogP contribution in [0.25, 0.3) is 0 Å². The van der Waals surface area contributed by atoms with Crippen molar-refractivity contribution < 1.29 is 21.1 Å². The van der Waals surface area contributed by atoms with Crippen molar-refractivity contribution in [2.24, 2.45) is 0 Å². The Morgan fingerprint density at radius 2 is 1.85 bits per heavy atom. The maximum atomic E-state index is 5.31. The first kappa shape index (κ1) is 13.3. The molecule has 1 aromatic carbocycles. The molecule has 0 heterocycles. The molecule has 13 heavy (non-hydrogen) atoms. The molecule has 0 atom stereocenters. The molecule has 1 aromatic rings. The molecule has 0 unspecified atom stereocenters. The van der Waals surface area contributed by atoms with E-state index in [-0.39, 0.29) is 0 Å². The second kappa shape index (κ2) is 10.4. The monoisotopic (exact) mass is 292 g/mol. The van der Waals surface area contributed by atoms with Crippen LogP contribution >= 0.6 is 13.6 Å². The Balaban J connectivity index is 0.000000671. The molecular formula is C10H13BrOZn. The third kappa shape index (κ3) is 7.36. The molecule has 0 radical (unpaired) electrons. The van der Waals surface area contributed by atoms with E-state index in [1.165, 1.54) is 21.9 Å². The van der Waals surface area contributed by atoms with Crippen LogP contribution in [-0.4, -0.2) is 6.61 Å². The van der Waals surface area contributed by atoms with Crippen LogP contribution in [-0.2, 0) is 27.7 Å². The van der Waals surface area contributed by atoms with E-state index in [0.717, 1.165) is 13.0 Å². The van der Waals surface area contributed by atoms with Gasteiger partial charge >= 0.3 is 30.0 Å². The third-order valence-electron chi connectivity index (χ3n) is 1.40. The first-order valence-electron chi connectivity index (χ1n) is 4.11. The molecule has 0 saturated heterocycles. The van der Waals surface area contributed by atoms with Gasteiger partial charge in [0.05, 0.1) is 6.61 Å². The number of hydrogen-bond donors (Lipinski definition) is 0. The van der Waals surface area contributed by atoms with Crippen LogP contribution in [0.4, 0.5) is 0 Å². The number of hydrogen-bond acceptors (Lipinski definition) is 1. The Morgan fingerprint density at radius 1 is 1.23 bits per heavy atom. The van der Waals surface area contributed by atoms with Crippen LogP contribution in [0, 0.1) is 6.92 Å². The zero-order chi connectivity index (χ0) is 9.94. The average Bonchev–Trinajstić information content (AvgIpc) is 2.23. The molecular weight excluding hydrogens is 281 g/mol. The van der Waals surface area contributed by atoms with Crippen molar-refractivity contribution in [1.29, 1.82) is 0 Å². The Labute approximate surface area is 96.9 Å². The molecule has 68 valence electrons. The molecule has 0 amide bonds. The zero-order valence-electron chi connectivity index (χ0n) is 7.71. The normalized spacial score (nSPS) is 8.92. The molecule has 0 aliphatic rings. The molecule has 0 bridgehead atoms. The molecule has 0 fully saturated rings. The number of benzene rings is 1. The van der Waals surface area contributed by atoms with E-state index in [9.17, 15) is 0 Å². The molecule has 0 aromatic heterocycles. The molecule has 0 aliphatic heterocycles. The Hall–Kier alpha value is 0.283. The van der Waals surface area contributed by atoms with Crippen molar-refractivity contribution in [1.82, 2.24) is 0 Å². The minimum absolute atomic E-state index is 0.705. The molecule has 0 spiro atoms.